The number of hydrogen-bond acceptors (Lipinski definition) is 8. The highest BCUT2D eigenvalue weighted by molar-refractivity contribution is 8.18. The van der Waals surface area contributed by atoms with Gasteiger partial charge in [-0.1, -0.05) is 41.9 Å². The van der Waals surface area contributed by atoms with E-state index in [0.717, 1.165) is 16.7 Å². The normalized spacial score (nSPS) is 14.2. The van der Waals surface area contributed by atoms with Crippen molar-refractivity contribution in [2.24, 2.45) is 0 Å². The average Bonchev–Trinajstić information content (AvgIpc) is 3.15. The second-order valence-corrected chi connectivity index (χ2v) is 9.15. The third kappa shape index (κ3) is 6.41. The molecule has 0 unspecified atom stereocenters. The molecule has 37 heavy (non-hydrogen) atoms. The van der Waals surface area contributed by atoms with E-state index in [0.29, 0.717) is 22.6 Å². The van der Waals surface area contributed by atoms with E-state index < -0.39 is 10.8 Å². The zero-order valence-electron chi connectivity index (χ0n) is 19.6. The molecule has 0 aromatic heterocycles. The van der Waals surface area contributed by atoms with Crippen LogP contribution in [-0.2, 0) is 11.4 Å². The molecule has 0 saturated carbocycles. The zero-order valence-corrected chi connectivity index (χ0v) is 21.2. The lowest BCUT2D eigenvalue weighted by Gasteiger charge is -2.14. The molecule has 1 saturated heterocycles. The fourth-order valence-electron chi connectivity index (χ4n) is 3.49. The van der Waals surface area contributed by atoms with E-state index in [1.54, 1.807) is 42.5 Å². The highest BCUT2D eigenvalue weighted by Crippen LogP contribution is 2.39. The van der Waals surface area contributed by atoms with Crippen LogP contribution in [0.1, 0.15) is 11.1 Å². The Morgan fingerprint density at radius 1 is 1.05 bits per heavy atom. The lowest BCUT2D eigenvalue weighted by molar-refractivity contribution is -0.384. The van der Waals surface area contributed by atoms with Gasteiger partial charge in [-0.05, 0) is 53.2 Å². The molecule has 4 rings (SSSR count). The van der Waals surface area contributed by atoms with Crippen LogP contribution in [0.25, 0.3) is 6.08 Å². The maximum atomic E-state index is 12.8. The summed E-state index contributed by atoms with van der Waals surface area (Å²) in [5.74, 6) is 0.783. The minimum Gasteiger partial charge on any atom is -0.493 e. The van der Waals surface area contributed by atoms with E-state index in [4.69, 9.17) is 25.8 Å². The number of thioether (sulfide) groups is 1. The smallest absolute Gasteiger partial charge is 0.293 e. The summed E-state index contributed by atoms with van der Waals surface area (Å²) in [6.45, 7) is 0.318. The second-order valence-electron chi connectivity index (χ2n) is 7.74. The topological polar surface area (TPSA) is 108 Å². The highest BCUT2D eigenvalue weighted by Gasteiger charge is 2.35. The molecule has 1 fully saturated rings. The fraction of sp³-hybridized carbons (Fsp3) is 0.154. The van der Waals surface area contributed by atoms with Gasteiger partial charge in [0.2, 0.25) is 0 Å². The van der Waals surface area contributed by atoms with Crippen LogP contribution in [0, 0.1) is 10.1 Å². The number of methoxy groups -OCH3 is 1. The predicted octanol–water partition coefficient (Wildman–Crippen LogP) is 5.95. The van der Waals surface area contributed by atoms with E-state index >= 15 is 0 Å². The van der Waals surface area contributed by atoms with Crippen molar-refractivity contribution in [2.45, 2.75) is 6.61 Å². The van der Waals surface area contributed by atoms with Gasteiger partial charge in [-0.15, -0.1) is 0 Å². The van der Waals surface area contributed by atoms with Crippen molar-refractivity contribution < 1.29 is 28.7 Å². The van der Waals surface area contributed by atoms with Crippen LogP contribution in [0.5, 0.6) is 17.2 Å². The monoisotopic (exact) mass is 540 g/mol. The molecule has 0 N–H and O–H groups in total. The molecular formula is C26H21ClN2O7S. The average molecular weight is 541 g/mol. The summed E-state index contributed by atoms with van der Waals surface area (Å²) < 4.78 is 16.8. The molecule has 0 radical (unpaired) electrons. The fourth-order valence-corrected chi connectivity index (χ4v) is 4.63. The zero-order chi connectivity index (χ0) is 26.4. The van der Waals surface area contributed by atoms with Crippen LogP contribution in [0.15, 0.2) is 71.6 Å². The van der Waals surface area contributed by atoms with E-state index in [1.165, 1.54) is 19.2 Å². The lowest BCUT2D eigenvalue weighted by atomic mass is 10.1. The van der Waals surface area contributed by atoms with Crippen molar-refractivity contribution in [1.29, 1.82) is 0 Å². The lowest BCUT2D eigenvalue weighted by Crippen LogP contribution is -2.32. The third-order valence-electron chi connectivity index (χ3n) is 5.25. The molecule has 3 aromatic carbocycles. The number of imide groups is 1. The Balaban J connectivity index is 1.45. The quantitative estimate of drug-likeness (QED) is 0.176. The molecule has 1 aliphatic rings. The van der Waals surface area contributed by atoms with Crippen molar-refractivity contribution in [3.8, 4) is 17.2 Å². The van der Waals surface area contributed by atoms with Gasteiger partial charge in [0.1, 0.15) is 19.0 Å². The van der Waals surface area contributed by atoms with Crippen LogP contribution >= 0.6 is 23.4 Å². The Labute approximate surface area is 221 Å². The summed E-state index contributed by atoms with van der Waals surface area (Å²) >= 11 is 7.27. The molecule has 190 valence electrons. The van der Waals surface area contributed by atoms with Crippen LogP contribution in [0.2, 0.25) is 5.02 Å². The second kappa shape index (κ2) is 11.8. The largest absolute Gasteiger partial charge is 0.493 e. The van der Waals surface area contributed by atoms with Gasteiger partial charge in [0.05, 0.1) is 28.5 Å². The molecule has 9 nitrogen and oxygen atoms in total. The molecule has 1 aliphatic heterocycles. The number of amides is 2. The number of rotatable bonds is 10. The van der Waals surface area contributed by atoms with Gasteiger partial charge in [-0.25, -0.2) is 0 Å². The summed E-state index contributed by atoms with van der Waals surface area (Å²) in [6, 6.07) is 18.4. The summed E-state index contributed by atoms with van der Waals surface area (Å²) in [5, 5.41) is 10.8. The van der Waals surface area contributed by atoms with E-state index in [-0.39, 0.29) is 46.4 Å². The van der Waals surface area contributed by atoms with Gasteiger partial charge in [0, 0.05) is 12.1 Å². The number of non-ortho nitro benzene ring substituents is 1. The summed E-state index contributed by atoms with van der Waals surface area (Å²) in [5.41, 5.74) is 1.08. The standard InChI is InChI=1S/C26H21ClN2O7S/c1-34-22-14-18(13-21(27)24(22)36-16-17-6-5-7-19(12-17)29(32)33)15-23-25(30)28(26(31)37-23)10-11-35-20-8-3-2-4-9-20/h2-9,12-15H,10-11,16H2,1H3/b23-15-. The first-order chi connectivity index (χ1) is 17.9. The van der Waals surface area contributed by atoms with Crippen molar-refractivity contribution in [3.05, 3.63) is 97.9 Å². The number of nitro groups is 1. The summed E-state index contributed by atoms with van der Waals surface area (Å²) in [7, 11) is 1.44. The maximum Gasteiger partial charge on any atom is 0.293 e. The Bertz CT molecular complexity index is 1360. The molecular weight excluding hydrogens is 520 g/mol. The van der Waals surface area contributed by atoms with Crippen LogP contribution in [0.3, 0.4) is 0 Å². The van der Waals surface area contributed by atoms with Crippen LogP contribution < -0.4 is 14.2 Å². The molecule has 0 aliphatic carbocycles. The van der Waals surface area contributed by atoms with Gasteiger partial charge < -0.3 is 14.2 Å². The summed E-state index contributed by atoms with van der Waals surface area (Å²) in [6.07, 6.45) is 1.56. The number of nitrogens with zero attached hydrogens (tertiary/aromatic N) is 2. The highest BCUT2D eigenvalue weighted by atomic mass is 35.5. The molecule has 1 heterocycles. The van der Waals surface area contributed by atoms with E-state index in [2.05, 4.69) is 0 Å². The van der Waals surface area contributed by atoms with Crippen molar-refractivity contribution in [2.75, 3.05) is 20.3 Å². The van der Waals surface area contributed by atoms with Gasteiger partial charge in [0.25, 0.3) is 16.8 Å². The number of carbonyl (C=O) groups is 2. The number of nitro benzene ring substituents is 1. The Kier molecular flexibility index (Phi) is 8.32. The first-order valence-electron chi connectivity index (χ1n) is 11.0. The number of ether oxygens (including phenoxy) is 3. The van der Waals surface area contributed by atoms with Crippen molar-refractivity contribution >= 4 is 46.3 Å². The number of benzene rings is 3. The minimum absolute atomic E-state index is 0.0288. The minimum atomic E-state index is -0.482. The molecule has 2 amide bonds. The Morgan fingerprint density at radius 2 is 1.84 bits per heavy atom. The predicted molar refractivity (Wildman–Crippen MR) is 140 cm³/mol. The van der Waals surface area contributed by atoms with Crippen molar-refractivity contribution in [3.63, 3.8) is 0 Å². The van der Waals surface area contributed by atoms with Crippen LogP contribution in [0.4, 0.5) is 10.5 Å². The van der Waals surface area contributed by atoms with Gasteiger partial charge >= 0.3 is 0 Å². The van der Waals surface area contributed by atoms with Gasteiger partial charge in [-0.3, -0.25) is 24.6 Å². The number of carbonyl (C=O) groups excluding carboxylic acids is 2. The van der Waals surface area contributed by atoms with E-state index in [9.17, 15) is 19.7 Å². The van der Waals surface area contributed by atoms with E-state index in [1.807, 2.05) is 18.2 Å². The maximum absolute atomic E-state index is 12.8. The van der Waals surface area contributed by atoms with Gasteiger partial charge in [0.15, 0.2) is 11.5 Å². The Hall–Kier alpha value is -4.02. The number of hydrogen-bond donors (Lipinski definition) is 0. The first kappa shape index (κ1) is 26.1. The summed E-state index contributed by atoms with van der Waals surface area (Å²) in [4.78, 5) is 37.1. The molecule has 3 aromatic rings. The molecule has 11 heteroatoms. The Morgan fingerprint density at radius 3 is 2.57 bits per heavy atom. The van der Waals surface area contributed by atoms with Gasteiger partial charge in [-0.2, -0.15) is 0 Å². The van der Waals surface area contributed by atoms with Crippen LogP contribution in [-0.4, -0.2) is 41.2 Å². The van der Waals surface area contributed by atoms with Crippen molar-refractivity contribution in [1.82, 2.24) is 4.90 Å². The molecule has 0 bridgehead atoms. The third-order valence-corrected chi connectivity index (χ3v) is 6.44. The number of halogens is 1. The number of para-hydroxylation sites is 1. The SMILES string of the molecule is COc1cc(/C=C2\SC(=O)N(CCOc3ccccc3)C2=O)cc(Cl)c1OCc1cccc([N+](=O)[O-])c1. The molecule has 0 spiro atoms. The molecule has 0 atom stereocenters. The first-order valence-corrected chi connectivity index (χ1v) is 12.2.